The molecule has 4 rings (SSSR count). The molecule has 0 aliphatic rings. The van der Waals surface area contributed by atoms with E-state index in [0.717, 1.165) is 40.1 Å². The van der Waals surface area contributed by atoms with E-state index in [1.54, 1.807) is 29.8 Å². The van der Waals surface area contributed by atoms with E-state index >= 15 is 0 Å². The summed E-state index contributed by atoms with van der Waals surface area (Å²) in [6, 6.07) is 15.1. The molecule has 0 spiro atoms. The number of aryl methyl sites for hydroxylation is 1. The van der Waals surface area contributed by atoms with Gasteiger partial charge in [0.1, 0.15) is 22.8 Å². The first-order valence-electron chi connectivity index (χ1n) is 8.48. The van der Waals surface area contributed by atoms with E-state index in [-0.39, 0.29) is 5.82 Å². The number of anilines is 1. The van der Waals surface area contributed by atoms with Crippen molar-refractivity contribution in [1.82, 2.24) is 9.97 Å². The molecule has 4 aromatic rings. The van der Waals surface area contributed by atoms with Crippen molar-refractivity contribution >= 4 is 27.4 Å². The summed E-state index contributed by atoms with van der Waals surface area (Å²) < 4.78 is 13.2. The Hall–Kier alpha value is -2.79. The number of hydrogen-bond donors (Lipinski definition) is 1. The number of aromatic nitrogens is 2. The average molecular weight is 363 g/mol. The van der Waals surface area contributed by atoms with Gasteiger partial charge in [-0.05, 0) is 36.6 Å². The standard InChI is InChI=1S/C21H18FN3S/c1-14-2-4-15(5-3-14)10-11-23-20-19-18(12-26-21(19)25-13-24-20)16-6-8-17(22)9-7-16/h2-9,12-13H,10-11H2,1H3,(H,23,24,25). The highest BCUT2D eigenvalue weighted by Gasteiger charge is 2.13. The molecule has 0 aliphatic carbocycles. The van der Waals surface area contributed by atoms with Crippen LogP contribution in [0.3, 0.4) is 0 Å². The summed E-state index contributed by atoms with van der Waals surface area (Å²) in [4.78, 5) is 9.74. The minimum atomic E-state index is -0.235. The van der Waals surface area contributed by atoms with Gasteiger partial charge in [0, 0.05) is 17.5 Å². The van der Waals surface area contributed by atoms with Crippen LogP contribution in [0.15, 0.2) is 60.2 Å². The fraction of sp³-hybridized carbons (Fsp3) is 0.143. The molecule has 0 atom stereocenters. The summed E-state index contributed by atoms with van der Waals surface area (Å²) in [5.74, 6) is 0.587. The van der Waals surface area contributed by atoms with E-state index < -0.39 is 0 Å². The Kier molecular flexibility index (Phi) is 4.63. The van der Waals surface area contributed by atoms with E-state index in [1.165, 1.54) is 23.3 Å². The second-order valence-corrected chi connectivity index (χ2v) is 7.08. The van der Waals surface area contributed by atoms with Gasteiger partial charge in [0.2, 0.25) is 0 Å². The highest BCUT2D eigenvalue weighted by molar-refractivity contribution is 7.17. The molecule has 130 valence electrons. The van der Waals surface area contributed by atoms with Gasteiger partial charge in [-0.1, -0.05) is 42.0 Å². The molecule has 5 heteroatoms. The highest BCUT2D eigenvalue weighted by Crippen LogP contribution is 2.36. The van der Waals surface area contributed by atoms with Crippen molar-refractivity contribution in [2.75, 3.05) is 11.9 Å². The summed E-state index contributed by atoms with van der Waals surface area (Å²) in [6.07, 6.45) is 2.50. The molecule has 2 heterocycles. The van der Waals surface area contributed by atoms with Gasteiger partial charge in [-0.3, -0.25) is 0 Å². The van der Waals surface area contributed by atoms with Crippen LogP contribution >= 0.6 is 11.3 Å². The third-order valence-electron chi connectivity index (χ3n) is 4.35. The van der Waals surface area contributed by atoms with Crippen molar-refractivity contribution < 1.29 is 4.39 Å². The zero-order valence-electron chi connectivity index (χ0n) is 14.4. The first kappa shape index (κ1) is 16.7. The zero-order chi connectivity index (χ0) is 17.9. The molecule has 0 aliphatic heterocycles. The van der Waals surface area contributed by atoms with Crippen LogP contribution in [0.1, 0.15) is 11.1 Å². The Morgan fingerprint density at radius 1 is 1.00 bits per heavy atom. The molecule has 0 fully saturated rings. The van der Waals surface area contributed by atoms with Crippen LogP contribution in [-0.2, 0) is 6.42 Å². The fourth-order valence-corrected chi connectivity index (χ4v) is 3.85. The predicted molar refractivity (Wildman–Crippen MR) is 106 cm³/mol. The number of nitrogens with zero attached hydrogens (tertiary/aromatic N) is 2. The van der Waals surface area contributed by atoms with Gasteiger partial charge in [0.25, 0.3) is 0 Å². The Labute approximate surface area is 155 Å². The molecular formula is C21H18FN3S. The van der Waals surface area contributed by atoms with Gasteiger partial charge in [-0.2, -0.15) is 0 Å². The van der Waals surface area contributed by atoms with Crippen LogP contribution < -0.4 is 5.32 Å². The van der Waals surface area contributed by atoms with Crippen LogP contribution in [0.5, 0.6) is 0 Å². The van der Waals surface area contributed by atoms with Gasteiger partial charge in [0.15, 0.2) is 0 Å². The molecule has 1 N–H and O–H groups in total. The maximum absolute atomic E-state index is 13.2. The molecule has 26 heavy (non-hydrogen) atoms. The molecular weight excluding hydrogens is 345 g/mol. The highest BCUT2D eigenvalue weighted by atomic mass is 32.1. The Balaban J connectivity index is 1.59. The van der Waals surface area contributed by atoms with Crippen molar-refractivity contribution in [3.05, 3.63) is 77.2 Å². The third-order valence-corrected chi connectivity index (χ3v) is 5.24. The molecule has 0 unspecified atom stereocenters. The van der Waals surface area contributed by atoms with Crippen molar-refractivity contribution in [1.29, 1.82) is 0 Å². The SMILES string of the molecule is Cc1ccc(CCNc2ncnc3scc(-c4ccc(F)cc4)c23)cc1. The molecule has 2 aromatic heterocycles. The summed E-state index contributed by atoms with van der Waals surface area (Å²) in [5, 5.41) is 6.49. The Morgan fingerprint density at radius 2 is 1.77 bits per heavy atom. The number of nitrogens with one attached hydrogen (secondary N) is 1. The van der Waals surface area contributed by atoms with Crippen molar-refractivity contribution in [3.8, 4) is 11.1 Å². The Morgan fingerprint density at radius 3 is 2.54 bits per heavy atom. The van der Waals surface area contributed by atoms with Crippen molar-refractivity contribution in [3.63, 3.8) is 0 Å². The smallest absolute Gasteiger partial charge is 0.138 e. The summed E-state index contributed by atoms with van der Waals surface area (Å²) in [6.45, 7) is 2.88. The summed E-state index contributed by atoms with van der Waals surface area (Å²) in [7, 11) is 0. The monoisotopic (exact) mass is 363 g/mol. The number of benzene rings is 2. The molecule has 0 saturated carbocycles. The number of thiophene rings is 1. The van der Waals surface area contributed by atoms with Crippen LogP contribution in [0.4, 0.5) is 10.2 Å². The first-order chi connectivity index (χ1) is 12.7. The van der Waals surface area contributed by atoms with Gasteiger partial charge >= 0.3 is 0 Å². The maximum Gasteiger partial charge on any atom is 0.138 e. The molecule has 2 aromatic carbocycles. The number of fused-ring (bicyclic) bond motifs is 1. The van der Waals surface area contributed by atoms with Crippen LogP contribution in [-0.4, -0.2) is 16.5 Å². The van der Waals surface area contributed by atoms with Crippen molar-refractivity contribution in [2.45, 2.75) is 13.3 Å². The number of rotatable bonds is 5. The van der Waals surface area contributed by atoms with Crippen LogP contribution in [0.25, 0.3) is 21.3 Å². The summed E-state index contributed by atoms with van der Waals surface area (Å²) >= 11 is 1.57. The molecule has 0 amide bonds. The van der Waals surface area contributed by atoms with Gasteiger partial charge in [-0.15, -0.1) is 11.3 Å². The first-order valence-corrected chi connectivity index (χ1v) is 9.36. The second kappa shape index (κ2) is 7.22. The molecule has 3 nitrogen and oxygen atoms in total. The lowest BCUT2D eigenvalue weighted by Gasteiger charge is -2.09. The Bertz CT molecular complexity index is 1020. The lowest BCUT2D eigenvalue weighted by molar-refractivity contribution is 0.628. The minimum absolute atomic E-state index is 0.235. The van der Waals surface area contributed by atoms with E-state index in [0.29, 0.717) is 0 Å². The lowest BCUT2D eigenvalue weighted by Crippen LogP contribution is -2.07. The normalized spacial score (nSPS) is 11.0. The largest absolute Gasteiger partial charge is 0.369 e. The third kappa shape index (κ3) is 3.44. The van der Waals surface area contributed by atoms with Crippen LogP contribution in [0.2, 0.25) is 0 Å². The van der Waals surface area contributed by atoms with Gasteiger partial charge in [0.05, 0.1) is 5.39 Å². The van der Waals surface area contributed by atoms with Gasteiger partial charge in [-0.25, -0.2) is 14.4 Å². The number of hydrogen-bond acceptors (Lipinski definition) is 4. The molecule has 0 saturated heterocycles. The molecule has 0 radical (unpaired) electrons. The summed E-state index contributed by atoms with van der Waals surface area (Å²) in [5.41, 5.74) is 4.55. The number of halogens is 1. The quantitative estimate of drug-likeness (QED) is 0.511. The average Bonchev–Trinajstić information content (AvgIpc) is 3.09. The topological polar surface area (TPSA) is 37.8 Å². The lowest BCUT2D eigenvalue weighted by atomic mass is 10.1. The van der Waals surface area contributed by atoms with E-state index in [9.17, 15) is 4.39 Å². The zero-order valence-corrected chi connectivity index (χ0v) is 15.2. The van der Waals surface area contributed by atoms with Crippen LogP contribution in [0, 0.1) is 12.7 Å². The minimum Gasteiger partial charge on any atom is -0.369 e. The van der Waals surface area contributed by atoms with Gasteiger partial charge < -0.3 is 5.32 Å². The fourth-order valence-electron chi connectivity index (χ4n) is 2.93. The van der Waals surface area contributed by atoms with E-state index in [4.69, 9.17) is 0 Å². The maximum atomic E-state index is 13.2. The van der Waals surface area contributed by atoms with E-state index in [1.807, 2.05) is 0 Å². The van der Waals surface area contributed by atoms with Crippen molar-refractivity contribution in [2.24, 2.45) is 0 Å². The predicted octanol–water partition coefficient (Wildman–Crippen LogP) is 5.46. The molecule has 0 bridgehead atoms. The van der Waals surface area contributed by atoms with E-state index in [2.05, 4.69) is 51.9 Å². The second-order valence-electron chi connectivity index (χ2n) is 6.22.